The average Bonchev–Trinajstić information content (AvgIpc) is 2.86. The van der Waals surface area contributed by atoms with Gasteiger partial charge in [-0.25, -0.2) is 0 Å². The number of hydrogen-bond acceptors (Lipinski definition) is 5. The summed E-state index contributed by atoms with van der Waals surface area (Å²) in [5, 5.41) is 20.3. The van der Waals surface area contributed by atoms with Gasteiger partial charge in [0, 0.05) is 23.0 Å². The minimum absolute atomic E-state index is 0.0248. The van der Waals surface area contributed by atoms with Gasteiger partial charge < -0.3 is 14.8 Å². The second-order valence-electron chi connectivity index (χ2n) is 10.8. The van der Waals surface area contributed by atoms with Gasteiger partial charge >= 0.3 is 7.12 Å². The van der Waals surface area contributed by atoms with E-state index in [0.29, 0.717) is 30.3 Å². The summed E-state index contributed by atoms with van der Waals surface area (Å²) < 4.78 is 6.10. The number of hydrogen-bond donors (Lipinski definition) is 2. The summed E-state index contributed by atoms with van der Waals surface area (Å²) in [6.45, 7) is 6.35. The Hall–Kier alpha value is -2.96. The monoisotopic (exact) mass is 484 g/mol. The SMILES string of the molecule is C/C(=C\c1ccc(O)cc1)CC[C@H]1OB(O)C[C@H]2C1=C(C(C)C)C[C@H]1C(=O)c3ccccc3C(=O)[C@H]12. The molecule has 0 spiro atoms. The van der Waals surface area contributed by atoms with Crippen molar-refractivity contribution in [3.63, 3.8) is 0 Å². The first-order chi connectivity index (χ1) is 17.2. The predicted molar refractivity (Wildman–Crippen MR) is 141 cm³/mol. The fraction of sp³-hybridized carbons (Fsp3) is 0.400. The number of carbonyl (C=O) groups excluding carboxylic acids is 2. The first-order valence-electron chi connectivity index (χ1n) is 12.9. The van der Waals surface area contributed by atoms with Crippen molar-refractivity contribution in [3.8, 4) is 5.75 Å². The molecule has 0 amide bonds. The van der Waals surface area contributed by atoms with Gasteiger partial charge in [0.15, 0.2) is 11.6 Å². The summed E-state index contributed by atoms with van der Waals surface area (Å²) in [5.41, 5.74) is 5.57. The van der Waals surface area contributed by atoms with E-state index >= 15 is 0 Å². The molecular formula is C30H33BO5. The Labute approximate surface area is 213 Å². The van der Waals surface area contributed by atoms with Crippen molar-refractivity contribution in [1.82, 2.24) is 0 Å². The quantitative estimate of drug-likeness (QED) is 0.418. The van der Waals surface area contributed by atoms with Crippen LogP contribution >= 0.6 is 0 Å². The zero-order valence-corrected chi connectivity index (χ0v) is 21.1. The van der Waals surface area contributed by atoms with Crippen molar-refractivity contribution in [1.29, 1.82) is 0 Å². The number of allylic oxidation sites excluding steroid dienone is 2. The summed E-state index contributed by atoms with van der Waals surface area (Å²) in [6, 6.07) is 14.3. The molecule has 1 fully saturated rings. The zero-order valence-electron chi connectivity index (χ0n) is 21.1. The van der Waals surface area contributed by atoms with E-state index in [9.17, 15) is 19.7 Å². The van der Waals surface area contributed by atoms with E-state index in [1.807, 2.05) is 24.3 Å². The summed E-state index contributed by atoms with van der Waals surface area (Å²) >= 11 is 0. The lowest BCUT2D eigenvalue weighted by Gasteiger charge is -2.48. The fourth-order valence-electron chi connectivity index (χ4n) is 6.44. The van der Waals surface area contributed by atoms with Gasteiger partial charge in [-0.1, -0.05) is 67.5 Å². The molecule has 0 radical (unpaired) electrons. The Bertz CT molecular complexity index is 1240. The van der Waals surface area contributed by atoms with Crippen molar-refractivity contribution in [2.45, 2.75) is 52.5 Å². The number of benzene rings is 2. The van der Waals surface area contributed by atoms with E-state index in [1.165, 1.54) is 11.1 Å². The van der Waals surface area contributed by atoms with Crippen molar-refractivity contribution < 1.29 is 24.4 Å². The van der Waals surface area contributed by atoms with Crippen LogP contribution in [0.25, 0.3) is 6.08 Å². The van der Waals surface area contributed by atoms with Crippen LogP contribution in [0, 0.1) is 23.7 Å². The topological polar surface area (TPSA) is 83.8 Å². The van der Waals surface area contributed by atoms with E-state index in [-0.39, 0.29) is 41.2 Å². The molecule has 36 heavy (non-hydrogen) atoms. The lowest BCUT2D eigenvalue weighted by Crippen LogP contribution is -2.51. The molecule has 0 bridgehead atoms. The summed E-state index contributed by atoms with van der Waals surface area (Å²) in [6.07, 6.45) is 4.17. The van der Waals surface area contributed by atoms with Gasteiger partial charge in [-0.2, -0.15) is 0 Å². The van der Waals surface area contributed by atoms with Gasteiger partial charge in [0.2, 0.25) is 0 Å². The minimum Gasteiger partial charge on any atom is -0.508 e. The first kappa shape index (κ1) is 24.7. The van der Waals surface area contributed by atoms with Gasteiger partial charge in [-0.05, 0) is 67.6 Å². The minimum atomic E-state index is -0.961. The lowest BCUT2D eigenvalue weighted by atomic mass is 9.53. The molecule has 5 nitrogen and oxygen atoms in total. The summed E-state index contributed by atoms with van der Waals surface area (Å²) in [5.74, 6) is -0.475. The summed E-state index contributed by atoms with van der Waals surface area (Å²) in [4.78, 5) is 27.2. The van der Waals surface area contributed by atoms with Crippen LogP contribution in [0.1, 0.15) is 66.3 Å². The zero-order chi connectivity index (χ0) is 25.6. The lowest BCUT2D eigenvalue weighted by molar-refractivity contribution is 0.0593. The molecule has 2 aromatic carbocycles. The van der Waals surface area contributed by atoms with E-state index < -0.39 is 13.0 Å². The molecule has 1 saturated heterocycles. The van der Waals surface area contributed by atoms with Crippen LogP contribution in [0.15, 0.2) is 65.3 Å². The van der Waals surface area contributed by atoms with Gasteiger partial charge in [-0.15, -0.1) is 0 Å². The molecule has 4 atom stereocenters. The van der Waals surface area contributed by atoms with Crippen LogP contribution in [-0.2, 0) is 4.65 Å². The molecular weight excluding hydrogens is 451 g/mol. The highest BCUT2D eigenvalue weighted by atomic mass is 16.5. The van der Waals surface area contributed by atoms with E-state index in [1.54, 1.807) is 24.3 Å². The van der Waals surface area contributed by atoms with Crippen LogP contribution in [-0.4, -0.2) is 34.9 Å². The maximum Gasteiger partial charge on any atom is 0.455 e. The van der Waals surface area contributed by atoms with Gasteiger partial charge in [-0.3, -0.25) is 9.59 Å². The number of phenolic OH excluding ortho intramolecular Hbond substituents is 1. The number of Topliss-reactive ketones (excluding diaryl/α,β-unsaturated/α-hetero) is 2. The van der Waals surface area contributed by atoms with Crippen molar-refractivity contribution in [3.05, 3.63) is 81.9 Å². The van der Waals surface area contributed by atoms with Crippen LogP contribution in [0.4, 0.5) is 0 Å². The molecule has 1 heterocycles. The number of phenols is 1. The van der Waals surface area contributed by atoms with Crippen molar-refractivity contribution in [2.75, 3.05) is 0 Å². The third kappa shape index (κ3) is 4.49. The maximum atomic E-state index is 13.7. The van der Waals surface area contributed by atoms with Gasteiger partial charge in [0.25, 0.3) is 0 Å². The normalized spacial score (nSPS) is 26.1. The molecule has 2 aliphatic carbocycles. The average molecular weight is 484 g/mol. The Kier molecular flexibility index (Phi) is 6.75. The van der Waals surface area contributed by atoms with E-state index in [0.717, 1.165) is 17.6 Å². The highest BCUT2D eigenvalue weighted by Crippen LogP contribution is 2.52. The number of fused-ring (bicyclic) bond motifs is 4. The van der Waals surface area contributed by atoms with Crippen LogP contribution in [0.5, 0.6) is 5.75 Å². The van der Waals surface area contributed by atoms with Crippen molar-refractivity contribution >= 4 is 24.8 Å². The smallest absolute Gasteiger partial charge is 0.455 e. The first-order valence-corrected chi connectivity index (χ1v) is 12.9. The standard InChI is InChI=1S/C30H33BO5/c1-17(2)23-15-24-28(30(34)22-7-5-4-6-21(22)29(24)33)25-16-31(35)36-26(27(23)25)13-8-18(3)14-19-9-11-20(32)12-10-19/h4-7,9-12,14,17,24-26,28,32,35H,8,13,15-16H2,1-3H3/b18-14+/t24-,25+,26-,28-/m1/s1. The molecule has 2 aromatic rings. The number of aromatic hydroxyl groups is 1. The molecule has 186 valence electrons. The largest absolute Gasteiger partial charge is 0.508 e. The highest BCUT2D eigenvalue weighted by Gasteiger charge is 2.53. The van der Waals surface area contributed by atoms with Crippen LogP contribution < -0.4 is 0 Å². The Balaban J connectivity index is 1.46. The molecule has 5 rings (SSSR count). The van der Waals surface area contributed by atoms with E-state index in [2.05, 4.69) is 26.8 Å². The molecule has 1 aliphatic heterocycles. The van der Waals surface area contributed by atoms with Crippen molar-refractivity contribution in [2.24, 2.45) is 23.7 Å². The molecule has 0 aromatic heterocycles. The summed E-state index contributed by atoms with van der Waals surface area (Å²) in [7, 11) is -0.961. The Morgan fingerprint density at radius 1 is 1.06 bits per heavy atom. The Morgan fingerprint density at radius 3 is 2.39 bits per heavy atom. The molecule has 6 heteroatoms. The number of ketones is 2. The Morgan fingerprint density at radius 2 is 1.72 bits per heavy atom. The third-order valence-corrected chi connectivity index (χ3v) is 8.10. The second-order valence-corrected chi connectivity index (χ2v) is 10.8. The number of carbonyl (C=O) groups is 2. The maximum absolute atomic E-state index is 13.7. The second kappa shape index (κ2) is 9.83. The molecule has 2 N–H and O–H groups in total. The van der Waals surface area contributed by atoms with Gasteiger partial charge in [0.1, 0.15) is 5.75 Å². The highest BCUT2D eigenvalue weighted by molar-refractivity contribution is 6.43. The van der Waals surface area contributed by atoms with Gasteiger partial charge in [0.05, 0.1) is 6.10 Å². The molecule has 0 unspecified atom stereocenters. The molecule has 0 saturated carbocycles. The van der Waals surface area contributed by atoms with Crippen LogP contribution in [0.2, 0.25) is 6.32 Å². The predicted octanol–water partition coefficient (Wildman–Crippen LogP) is 5.74. The number of rotatable bonds is 5. The fourth-order valence-corrected chi connectivity index (χ4v) is 6.44. The van der Waals surface area contributed by atoms with Crippen LogP contribution in [0.3, 0.4) is 0 Å². The third-order valence-electron chi connectivity index (χ3n) is 8.10. The molecule has 3 aliphatic rings. The van der Waals surface area contributed by atoms with E-state index in [4.69, 9.17) is 4.65 Å².